The Morgan fingerprint density at radius 3 is 2.70 bits per heavy atom. The molecule has 0 spiro atoms. The van der Waals surface area contributed by atoms with Crippen molar-refractivity contribution in [3.8, 4) is 0 Å². The Balaban J connectivity index is 2.29. The predicted molar refractivity (Wildman–Crippen MR) is 74.6 cm³/mol. The molecule has 2 unspecified atom stereocenters. The lowest BCUT2D eigenvalue weighted by Gasteiger charge is -2.20. The van der Waals surface area contributed by atoms with Crippen LogP contribution in [0.4, 0.5) is 4.79 Å². The molecule has 0 aliphatic carbocycles. The van der Waals surface area contributed by atoms with E-state index in [0.29, 0.717) is 19.0 Å². The first-order chi connectivity index (χ1) is 9.43. The van der Waals surface area contributed by atoms with Crippen LogP contribution in [0.15, 0.2) is 12.5 Å². The number of rotatable bonds is 7. The number of amides is 2. The number of urea groups is 1. The van der Waals surface area contributed by atoms with Gasteiger partial charge in [-0.1, -0.05) is 20.3 Å². The molecule has 2 atom stereocenters. The Morgan fingerprint density at radius 1 is 1.45 bits per heavy atom. The zero-order valence-electron chi connectivity index (χ0n) is 12.1. The molecule has 7 nitrogen and oxygen atoms in total. The quantitative estimate of drug-likeness (QED) is 0.702. The fraction of sp³-hybridized carbons (Fsp3) is 0.615. The minimum atomic E-state index is -1.06. The summed E-state index contributed by atoms with van der Waals surface area (Å²) >= 11 is 0. The Labute approximate surface area is 118 Å². The highest BCUT2D eigenvalue weighted by atomic mass is 16.4. The maximum atomic E-state index is 11.6. The molecule has 2 amide bonds. The van der Waals surface area contributed by atoms with Gasteiger partial charge in [0.15, 0.2) is 5.69 Å². The van der Waals surface area contributed by atoms with E-state index >= 15 is 0 Å². The van der Waals surface area contributed by atoms with E-state index in [9.17, 15) is 9.59 Å². The minimum absolute atomic E-state index is 0.000144. The molecular weight excluding hydrogens is 260 g/mol. The number of carbonyl (C=O) groups excluding carboxylic acids is 1. The zero-order valence-corrected chi connectivity index (χ0v) is 12.1. The van der Waals surface area contributed by atoms with E-state index in [1.54, 1.807) is 4.57 Å². The third-order valence-corrected chi connectivity index (χ3v) is 3.36. The van der Waals surface area contributed by atoms with Crippen LogP contribution in [0.2, 0.25) is 0 Å². The van der Waals surface area contributed by atoms with E-state index in [1.165, 1.54) is 12.5 Å². The molecule has 0 aliphatic heterocycles. The van der Waals surface area contributed by atoms with Crippen molar-refractivity contribution >= 4 is 12.0 Å². The summed E-state index contributed by atoms with van der Waals surface area (Å²) in [5.74, 6) is -0.635. The number of nitrogens with one attached hydrogen (secondary N) is 2. The SMILES string of the molecule is CCC(C)C(C)NC(=O)NCCn1cnc(C(=O)O)c1. The normalized spacial score (nSPS) is 13.6. The molecular formula is C13H22N4O3. The molecule has 1 rings (SSSR count). The lowest BCUT2D eigenvalue weighted by molar-refractivity contribution is 0.0691. The summed E-state index contributed by atoms with van der Waals surface area (Å²) in [4.78, 5) is 26.0. The molecule has 0 radical (unpaired) electrons. The van der Waals surface area contributed by atoms with Gasteiger partial charge in [0.25, 0.3) is 0 Å². The van der Waals surface area contributed by atoms with Crippen LogP contribution in [-0.4, -0.2) is 39.2 Å². The summed E-state index contributed by atoms with van der Waals surface area (Å²) in [6.45, 7) is 7.03. The van der Waals surface area contributed by atoms with E-state index in [1.807, 2.05) is 6.92 Å². The van der Waals surface area contributed by atoms with Crippen molar-refractivity contribution in [2.24, 2.45) is 5.92 Å². The number of nitrogens with zero attached hydrogens (tertiary/aromatic N) is 2. The Kier molecular flexibility index (Phi) is 6.02. The number of hydrogen-bond acceptors (Lipinski definition) is 3. The van der Waals surface area contributed by atoms with Crippen LogP contribution < -0.4 is 10.6 Å². The highest BCUT2D eigenvalue weighted by molar-refractivity contribution is 5.84. The second-order valence-corrected chi connectivity index (χ2v) is 4.88. The van der Waals surface area contributed by atoms with Gasteiger partial charge in [0, 0.05) is 25.3 Å². The Bertz CT molecular complexity index is 458. The van der Waals surface area contributed by atoms with Gasteiger partial charge >= 0.3 is 12.0 Å². The molecule has 0 bridgehead atoms. The molecule has 0 saturated carbocycles. The summed E-state index contributed by atoms with van der Waals surface area (Å²) in [5, 5.41) is 14.3. The van der Waals surface area contributed by atoms with Gasteiger partial charge in [-0.25, -0.2) is 14.6 Å². The number of aromatic carboxylic acids is 1. The standard InChI is InChI=1S/C13H22N4O3/c1-4-9(2)10(3)16-13(20)14-5-6-17-7-11(12(18)19)15-8-17/h7-10H,4-6H2,1-3H3,(H,18,19)(H2,14,16,20). The molecule has 0 aliphatic rings. The van der Waals surface area contributed by atoms with Gasteiger partial charge in [-0.15, -0.1) is 0 Å². The van der Waals surface area contributed by atoms with E-state index in [0.717, 1.165) is 6.42 Å². The topological polar surface area (TPSA) is 96.3 Å². The van der Waals surface area contributed by atoms with Gasteiger partial charge in [-0.3, -0.25) is 0 Å². The van der Waals surface area contributed by atoms with Gasteiger partial charge < -0.3 is 20.3 Å². The average Bonchev–Trinajstić information content (AvgIpc) is 2.86. The number of carboxylic acid groups (broad SMARTS) is 1. The molecule has 1 aromatic heterocycles. The van der Waals surface area contributed by atoms with Crippen LogP contribution >= 0.6 is 0 Å². The molecule has 0 fully saturated rings. The average molecular weight is 282 g/mol. The zero-order chi connectivity index (χ0) is 15.1. The van der Waals surface area contributed by atoms with E-state index in [-0.39, 0.29) is 17.8 Å². The third kappa shape index (κ3) is 4.91. The first-order valence-electron chi connectivity index (χ1n) is 6.73. The van der Waals surface area contributed by atoms with Crippen LogP contribution in [0, 0.1) is 5.92 Å². The van der Waals surface area contributed by atoms with Crippen molar-refractivity contribution < 1.29 is 14.7 Å². The molecule has 0 saturated heterocycles. The molecule has 1 aromatic rings. The van der Waals surface area contributed by atoms with E-state index < -0.39 is 5.97 Å². The fourth-order valence-corrected chi connectivity index (χ4v) is 1.64. The molecule has 112 valence electrons. The van der Waals surface area contributed by atoms with E-state index in [4.69, 9.17) is 5.11 Å². The van der Waals surface area contributed by atoms with Crippen molar-refractivity contribution in [3.63, 3.8) is 0 Å². The monoisotopic (exact) mass is 282 g/mol. The third-order valence-electron chi connectivity index (χ3n) is 3.36. The number of aromatic nitrogens is 2. The van der Waals surface area contributed by atoms with Crippen LogP contribution in [0.5, 0.6) is 0 Å². The summed E-state index contributed by atoms with van der Waals surface area (Å²) in [5.41, 5.74) is -0.000144. The van der Waals surface area contributed by atoms with Gasteiger partial charge in [-0.2, -0.15) is 0 Å². The van der Waals surface area contributed by atoms with Crippen molar-refractivity contribution in [1.82, 2.24) is 20.2 Å². The summed E-state index contributed by atoms with van der Waals surface area (Å²) in [6.07, 6.45) is 3.88. The van der Waals surface area contributed by atoms with Crippen LogP contribution in [-0.2, 0) is 6.54 Å². The second-order valence-electron chi connectivity index (χ2n) is 4.88. The first kappa shape index (κ1) is 16.0. The molecule has 20 heavy (non-hydrogen) atoms. The molecule has 7 heteroatoms. The summed E-state index contributed by atoms with van der Waals surface area (Å²) in [6, 6.07) is -0.0942. The summed E-state index contributed by atoms with van der Waals surface area (Å²) < 4.78 is 1.63. The maximum Gasteiger partial charge on any atom is 0.356 e. The largest absolute Gasteiger partial charge is 0.476 e. The van der Waals surface area contributed by atoms with Gasteiger partial charge in [0.1, 0.15) is 0 Å². The smallest absolute Gasteiger partial charge is 0.356 e. The highest BCUT2D eigenvalue weighted by Gasteiger charge is 2.12. The van der Waals surface area contributed by atoms with Gasteiger partial charge in [0.05, 0.1) is 6.33 Å². The van der Waals surface area contributed by atoms with Crippen LogP contribution in [0.25, 0.3) is 0 Å². The molecule has 3 N–H and O–H groups in total. The predicted octanol–water partition coefficient (Wildman–Crippen LogP) is 1.32. The lowest BCUT2D eigenvalue weighted by Crippen LogP contribution is -2.44. The van der Waals surface area contributed by atoms with Gasteiger partial charge in [0.2, 0.25) is 0 Å². The number of carboxylic acids is 1. The van der Waals surface area contributed by atoms with Crippen molar-refractivity contribution in [2.45, 2.75) is 39.8 Å². The lowest BCUT2D eigenvalue weighted by atomic mass is 10.0. The number of imidazole rings is 1. The van der Waals surface area contributed by atoms with Crippen molar-refractivity contribution in [2.75, 3.05) is 6.54 Å². The van der Waals surface area contributed by atoms with E-state index in [2.05, 4.69) is 29.5 Å². The number of carbonyl (C=O) groups is 2. The molecule has 0 aromatic carbocycles. The fourth-order valence-electron chi connectivity index (χ4n) is 1.64. The van der Waals surface area contributed by atoms with Crippen molar-refractivity contribution in [3.05, 3.63) is 18.2 Å². The number of hydrogen-bond donors (Lipinski definition) is 3. The minimum Gasteiger partial charge on any atom is -0.476 e. The molecule has 1 heterocycles. The van der Waals surface area contributed by atoms with Crippen molar-refractivity contribution in [1.29, 1.82) is 0 Å². The second kappa shape index (κ2) is 7.52. The van der Waals surface area contributed by atoms with Gasteiger partial charge in [-0.05, 0) is 12.8 Å². The van der Waals surface area contributed by atoms with Crippen LogP contribution in [0.1, 0.15) is 37.7 Å². The summed E-state index contributed by atoms with van der Waals surface area (Å²) in [7, 11) is 0. The first-order valence-corrected chi connectivity index (χ1v) is 6.73. The Morgan fingerprint density at radius 2 is 2.15 bits per heavy atom. The maximum absolute atomic E-state index is 11.6. The Hall–Kier alpha value is -2.05. The highest BCUT2D eigenvalue weighted by Crippen LogP contribution is 2.05. The van der Waals surface area contributed by atoms with Crippen LogP contribution in [0.3, 0.4) is 0 Å².